The molecule has 1 N–H and O–H groups in total. The van der Waals surface area contributed by atoms with Crippen molar-refractivity contribution in [3.05, 3.63) is 35.9 Å². The van der Waals surface area contributed by atoms with Gasteiger partial charge in [0.2, 0.25) is 5.91 Å². The predicted molar refractivity (Wildman–Crippen MR) is 80.5 cm³/mol. The molecule has 1 aromatic carbocycles. The number of rotatable bonds is 3. The van der Waals surface area contributed by atoms with Gasteiger partial charge in [0.25, 0.3) is 5.91 Å². The van der Waals surface area contributed by atoms with Crippen LogP contribution in [0.25, 0.3) is 0 Å². The average molecular weight is 286 g/mol. The van der Waals surface area contributed by atoms with Gasteiger partial charge in [0.05, 0.1) is 0 Å². The van der Waals surface area contributed by atoms with E-state index in [0.717, 1.165) is 5.56 Å². The molecule has 21 heavy (non-hydrogen) atoms. The summed E-state index contributed by atoms with van der Waals surface area (Å²) in [6.45, 7) is 4.45. The van der Waals surface area contributed by atoms with E-state index in [1.165, 1.54) is 12.8 Å². The van der Waals surface area contributed by atoms with Crippen LogP contribution in [-0.2, 0) is 15.1 Å². The highest BCUT2D eigenvalue weighted by Crippen LogP contribution is 2.37. The Morgan fingerprint density at radius 1 is 1.24 bits per heavy atom. The normalized spacial score (nSPS) is 28.0. The number of benzene rings is 1. The maximum atomic E-state index is 13.1. The topological polar surface area (TPSA) is 49.4 Å². The maximum absolute atomic E-state index is 13.1. The second kappa shape index (κ2) is 5.17. The summed E-state index contributed by atoms with van der Waals surface area (Å²) in [4.78, 5) is 27.1. The fourth-order valence-electron chi connectivity index (χ4n) is 3.19. The molecule has 2 aliphatic rings. The third kappa shape index (κ3) is 2.55. The first-order valence-electron chi connectivity index (χ1n) is 7.70. The van der Waals surface area contributed by atoms with E-state index in [-0.39, 0.29) is 17.9 Å². The van der Waals surface area contributed by atoms with Gasteiger partial charge in [0, 0.05) is 19.0 Å². The summed E-state index contributed by atoms with van der Waals surface area (Å²) in [5.74, 6) is 0.557. The number of hydrogen-bond donors (Lipinski definition) is 1. The van der Waals surface area contributed by atoms with Crippen LogP contribution in [-0.4, -0.2) is 29.3 Å². The monoisotopic (exact) mass is 286 g/mol. The first-order valence-corrected chi connectivity index (χ1v) is 7.70. The molecule has 0 bridgehead atoms. The molecule has 112 valence electrons. The summed E-state index contributed by atoms with van der Waals surface area (Å²) in [5.41, 5.74) is -0.115. The fraction of sp³-hybridized carbons (Fsp3) is 0.529. The van der Waals surface area contributed by atoms with Gasteiger partial charge in [-0.15, -0.1) is 0 Å². The van der Waals surface area contributed by atoms with E-state index in [2.05, 4.69) is 12.2 Å². The Bertz CT molecular complexity index is 553. The third-order valence-electron chi connectivity index (χ3n) is 4.80. The Labute approximate surface area is 125 Å². The molecule has 1 saturated heterocycles. The highest BCUT2D eigenvalue weighted by atomic mass is 16.2. The zero-order valence-corrected chi connectivity index (χ0v) is 12.6. The predicted octanol–water partition coefficient (Wildman–Crippen LogP) is 2.05. The summed E-state index contributed by atoms with van der Waals surface area (Å²) in [6.07, 6.45) is 2.76. The molecule has 0 aromatic heterocycles. The van der Waals surface area contributed by atoms with Gasteiger partial charge in [-0.25, -0.2) is 0 Å². The number of carbonyl (C=O) groups is 2. The van der Waals surface area contributed by atoms with Gasteiger partial charge in [-0.3, -0.25) is 9.59 Å². The molecule has 1 aliphatic carbocycles. The standard InChI is InChI=1S/C17H22N2O2/c1-12(13-8-9-13)19-11-10-15(20)18-17(2,16(19)21)14-6-4-3-5-7-14/h3-7,12-13H,8-11H2,1-2H3,(H,18,20). The largest absolute Gasteiger partial charge is 0.338 e. The third-order valence-corrected chi connectivity index (χ3v) is 4.80. The van der Waals surface area contributed by atoms with E-state index in [1.807, 2.05) is 42.2 Å². The van der Waals surface area contributed by atoms with Gasteiger partial charge in [-0.1, -0.05) is 30.3 Å². The van der Waals surface area contributed by atoms with Crippen LogP contribution < -0.4 is 5.32 Å². The summed E-state index contributed by atoms with van der Waals surface area (Å²) in [6, 6.07) is 9.75. The van der Waals surface area contributed by atoms with Crippen LogP contribution in [0.3, 0.4) is 0 Å². The second-order valence-corrected chi connectivity index (χ2v) is 6.37. The van der Waals surface area contributed by atoms with Crippen molar-refractivity contribution in [1.82, 2.24) is 10.2 Å². The van der Waals surface area contributed by atoms with Gasteiger partial charge >= 0.3 is 0 Å². The molecule has 0 spiro atoms. The van der Waals surface area contributed by atoms with Crippen molar-refractivity contribution in [2.45, 2.75) is 44.7 Å². The SMILES string of the molecule is CC(C1CC1)N1CCC(=O)NC(C)(c2ccccc2)C1=O. The zero-order chi connectivity index (χ0) is 15.0. The van der Waals surface area contributed by atoms with Crippen molar-refractivity contribution in [2.75, 3.05) is 6.54 Å². The van der Waals surface area contributed by atoms with Crippen molar-refractivity contribution in [2.24, 2.45) is 5.92 Å². The number of carbonyl (C=O) groups excluding carboxylic acids is 2. The number of amides is 2. The number of nitrogens with one attached hydrogen (secondary N) is 1. The van der Waals surface area contributed by atoms with Crippen molar-refractivity contribution in [1.29, 1.82) is 0 Å². The smallest absolute Gasteiger partial charge is 0.252 e. The summed E-state index contributed by atoms with van der Waals surface area (Å²) in [5, 5.41) is 2.94. The van der Waals surface area contributed by atoms with E-state index in [9.17, 15) is 9.59 Å². The molecule has 1 aromatic rings. The Morgan fingerprint density at radius 2 is 1.90 bits per heavy atom. The summed E-state index contributed by atoms with van der Waals surface area (Å²) >= 11 is 0. The van der Waals surface area contributed by atoms with Crippen LogP contribution in [0.15, 0.2) is 30.3 Å². The highest BCUT2D eigenvalue weighted by Gasteiger charge is 2.45. The number of hydrogen-bond acceptors (Lipinski definition) is 2. The van der Waals surface area contributed by atoms with E-state index in [4.69, 9.17) is 0 Å². The van der Waals surface area contributed by atoms with Gasteiger partial charge in [-0.05, 0) is 38.2 Å². The van der Waals surface area contributed by atoms with E-state index in [1.54, 1.807) is 0 Å². The van der Waals surface area contributed by atoms with Crippen molar-refractivity contribution in [3.8, 4) is 0 Å². The Hall–Kier alpha value is -1.84. The molecule has 1 aliphatic heterocycles. The van der Waals surface area contributed by atoms with Crippen LogP contribution >= 0.6 is 0 Å². The lowest BCUT2D eigenvalue weighted by Gasteiger charge is -2.35. The maximum Gasteiger partial charge on any atom is 0.252 e. The zero-order valence-electron chi connectivity index (χ0n) is 12.6. The van der Waals surface area contributed by atoms with Crippen molar-refractivity contribution in [3.63, 3.8) is 0 Å². The molecule has 2 unspecified atom stereocenters. The van der Waals surface area contributed by atoms with Gasteiger partial charge in [-0.2, -0.15) is 0 Å². The van der Waals surface area contributed by atoms with Crippen molar-refractivity contribution < 1.29 is 9.59 Å². The Kier molecular flexibility index (Phi) is 3.47. The molecule has 1 heterocycles. The van der Waals surface area contributed by atoms with Gasteiger partial charge in [0.15, 0.2) is 0 Å². The van der Waals surface area contributed by atoms with Crippen LogP contribution in [0, 0.1) is 5.92 Å². The van der Waals surface area contributed by atoms with Crippen LogP contribution in [0.4, 0.5) is 0 Å². The molecule has 2 amide bonds. The first-order chi connectivity index (χ1) is 10.0. The molecule has 0 radical (unpaired) electrons. The minimum atomic E-state index is -0.960. The van der Waals surface area contributed by atoms with E-state index < -0.39 is 5.54 Å². The number of nitrogens with zero attached hydrogens (tertiary/aromatic N) is 1. The first kappa shape index (κ1) is 14.1. The lowest BCUT2D eigenvalue weighted by molar-refractivity contribution is -0.140. The molecule has 4 heteroatoms. The quantitative estimate of drug-likeness (QED) is 0.924. The molecule has 2 fully saturated rings. The Morgan fingerprint density at radius 3 is 2.52 bits per heavy atom. The molecule has 3 rings (SSSR count). The molecule has 4 nitrogen and oxygen atoms in total. The van der Waals surface area contributed by atoms with Crippen molar-refractivity contribution >= 4 is 11.8 Å². The molecule has 2 atom stereocenters. The molecular formula is C17H22N2O2. The Balaban J connectivity index is 1.96. The van der Waals surface area contributed by atoms with Gasteiger partial charge in [0.1, 0.15) is 5.54 Å². The van der Waals surface area contributed by atoms with E-state index in [0.29, 0.717) is 18.9 Å². The second-order valence-electron chi connectivity index (χ2n) is 6.37. The van der Waals surface area contributed by atoms with Crippen LogP contribution in [0.1, 0.15) is 38.7 Å². The average Bonchev–Trinajstić information content (AvgIpc) is 3.32. The molecule has 1 saturated carbocycles. The lowest BCUT2D eigenvalue weighted by atomic mass is 9.90. The minimum Gasteiger partial charge on any atom is -0.338 e. The van der Waals surface area contributed by atoms with Crippen LogP contribution in [0.2, 0.25) is 0 Å². The fourth-order valence-corrected chi connectivity index (χ4v) is 3.19. The summed E-state index contributed by atoms with van der Waals surface area (Å²) in [7, 11) is 0. The summed E-state index contributed by atoms with van der Waals surface area (Å²) < 4.78 is 0. The minimum absolute atomic E-state index is 0.0129. The van der Waals surface area contributed by atoms with Gasteiger partial charge < -0.3 is 10.2 Å². The molecular weight excluding hydrogens is 264 g/mol. The van der Waals surface area contributed by atoms with Crippen LogP contribution in [0.5, 0.6) is 0 Å². The highest BCUT2D eigenvalue weighted by molar-refractivity contribution is 5.94. The lowest BCUT2D eigenvalue weighted by Crippen LogP contribution is -2.54. The van der Waals surface area contributed by atoms with E-state index >= 15 is 0 Å².